The first kappa shape index (κ1) is 15.6. The zero-order chi connectivity index (χ0) is 15.3. The van der Waals surface area contributed by atoms with Crippen molar-refractivity contribution in [2.75, 3.05) is 20.7 Å². The lowest BCUT2D eigenvalue weighted by Gasteiger charge is -2.12. The third kappa shape index (κ3) is 4.02. The molecule has 108 valence electrons. The standard InChI is InChI=1S/C12H15N3O5/c1-4-20-12(17)9-5-8(11(16)13-14(2)3)6-10(7-9)15(18)19/h5-7H,4H2,1-3H3,(H,13,16). The van der Waals surface area contributed by atoms with Gasteiger partial charge in [-0.3, -0.25) is 20.3 Å². The Bertz CT molecular complexity index is 542. The van der Waals surface area contributed by atoms with E-state index in [0.717, 1.165) is 12.1 Å². The minimum atomic E-state index is -0.713. The van der Waals surface area contributed by atoms with Crippen molar-refractivity contribution >= 4 is 17.6 Å². The first-order valence-electron chi connectivity index (χ1n) is 5.80. The van der Waals surface area contributed by atoms with E-state index in [2.05, 4.69) is 5.43 Å². The maximum absolute atomic E-state index is 11.8. The van der Waals surface area contributed by atoms with Crippen molar-refractivity contribution in [2.24, 2.45) is 0 Å². The Morgan fingerprint density at radius 2 is 1.90 bits per heavy atom. The van der Waals surface area contributed by atoms with Gasteiger partial charge in [-0.1, -0.05) is 0 Å². The van der Waals surface area contributed by atoms with Crippen LogP contribution in [0.2, 0.25) is 0 Å². The molecule has 1 aromatic rings. The molecule has 0 aliphatic heterocycles. The molecule has 1 aromatic carbocycles. The van der Waals surface area contributed by atoms with Gasteiger partial charge in [-0.25, -0.2) is 9.80 Å². The Kier molecular flexibility index (Phi) is 5.15. The summed E-state index contributed by atoms with van der Waals surface area (Å²) in [7, 11) is 3.20. The van der Waals surface area contributed by atoms with Crippen molar-refractivity contribution < 1.29 is 19.2 Å². The fraction of sp³-hybridized carbons (Fsp3) is 0.333. The summed E-state index contributed by atoms with van der Waals surface area (Å²) < 4.78 is 4.77. The summed E-state index contributed by atoms with van der Waals surface area (Å²) in [6, 6.07) is 3.43. The third-order valence-electron chi connectivity index (χ3n) is 2.23. The Balaban J connectivity index is 3.20. The van der Waals surface area contributed by atoms with Gasteiger partial charge in [0.2, 0.25) is 0 Å². The molecular formula is C12H15N3O5. The number of hydrazine groups is 1. The Morgan fingerprint density at radius 1 is 1.30 bits per heavy atom. The number of hydrogen-bond donors (Lipinski definition) is 1. The number of rotatable bonds is 5. The minimum Gasteiger partial charge on any atom is -0.462 e. The molecule has 0 spiro atoms. The predicted molar refractivity (Wildman–Crippen MR) is 70.2 cm³/mol. The summed E-state index contributed by atoms with van der Waals surface area (Å²) in [4.78, 5) is 33.6. The summed E-state index contributed by atoms with van der Waals surface area (Å²) in [5.74, 6) is -1.26. The van der Waals surface area contributed by atoms with E-state index in [1.165, 1.54) is 11.1 Å². The van der Waals surface area contributed by atoms with Crippen molar-refractivity contribution in [2.45, 2.75) is 6.92 Å². The number of nitro benzene ring substituents is 1. The van der Waals surface area contributed by atoms with Gasteiger partial charge < -0.3 is 4.74 Å². The molecule has 0 unspecified atom stereocenters. The first-order chi connectivity index (χ1) is 9.35. The molecule has 8 heteroatoms. The molecule has 0 heterocycles. The number of nitro groups is 1. The molecule has 0 radical (unpaired) electrons. The van der Waals surface area contributed by atoms with Gasteiger partial charge in [0.25, 0.3) is 11.6 Å². The lowest BCUT2D eigenvalue weighted by molar-refractivity contribution is -0.384. The number of carbonyl (C=O) groups is 2. The molecule has 0 bridgehead atoms. The minimum absolute atomic E-state index is 0.0101. The van der Waals surface area contributed by atoms with E-state index in [4.69, 9.17) is 4.74 Å². The molecule has 0 aromatic heterocycles. The smallest absolute Gasteiger partial charge is 0.338 e. The van der Waals surface area contributed by atoms with Crippen LogP contribution in [0.25, 0.3) is 0 Å². The second-order valence-corrected chi connectivity index (χ2v) is 4.08. The molecule has 1 amide bonds. The van der Waals surface area contributed by atoms with Gasteiger partial charge in [0, 0.05) is 31.8 Å². The summed E-state index contributed by atoms with van der Waals surface area (Å²) in [6.07, 6.45) is 0. The van der Waals surface area contributed by atoms with Gasteiger partial charge >= 0.3 is 5.97 Å². The molecule has 0 aliphatic rings. The third-order valence-corrected chi connectivity index (χ3v) is 2.23. The van der Waals surface area contributed by atoms with E-state index < -0.39 is 16.8 Å². The van der Waals surface area contributed by atoms with Crippen molar-refractivity contribution in [3.8, 4) is 0 Å². The number of carbonyl (C=O) groups excluding carboxylic acids is 2. The quantitative estimate of drug-likeness (QED) is 0.490. The number of hydrogen-bond acceptors (Lipinski definition) is 6. The van der Waals surface area contributed by atoms with Gasteiger partial charge in [0.15, 0.2) is 0 Å². The zero-order valence-corrected chi connectivity index (χ0v) is 11.4. The molecule has 1 rings (SSSR count). The summed E-state index contributed by atoms with van der Waals surface area (Å²) in [6.45, 7) is 1.76. The van der Waals surface area contributed by atoms with Crippen molar-refractivity contribution in [1.29, 1.82) is 0 Å². The molecule has 0 atom stereocenters. The van der Waals surface area contributed by atoms with Crippen LogP contribution < -0.4 is 5.43 Å². The van der Waals surface area contributed by atoms with Crippen molar-refractivity contribution in [1.82, 2.24) is 10.4 Å². The van der Waals surface area contributed by atoms with Gasteiger partial charge in [-0.2, -0.15) is 0 Å². The number of esters is 1. The second-order valence-electron chi connectivity index (χ2n) is 4.08. The van der Waals surface area contributed by atoms with Crippen LogP contribution in [0.15, 0.2) is 18.2 Å². The van der Waals surface area contributed by atoms with Crippen LogP contribution in [0, 0.1) is 10.1 Å². The van der Waals surface area contributed by atoms with E-state index in [1.54, 1.807) is 21.0 Å². The molecule has 0 fully saturated rings. The molecule has 0 aliphatic carbocycles. The van der Waals surface area contributed by atoms with Crippen LogP contribution in [-0.4, -0.2) is 42.5 Å². The molecule has 1 N–H and O–H groups in total. The van der Waals surface area contributed by atoms with E-state index >= 15 is 0 Å². The highest BCUT2D eigenvalue weighted by atomic mass is 16.6. The number of non-ortho nitro benzene ring substituents is 1. The molecular weight excluding hydrogens is 266 g/mol. The largest absolute Gasteiger partial charge is 0.462 e. The van der Waals surface area contributed by atoms with Gasteiger partial charge in [0.05, 0.1) is 17.1 Å². The van der Waals surface area contributed by atoms with E-state index in [1.807, 2.05) is 0 Å². The van der Waals surface area contributed by atoms with E-state index in [9.17, 15) is 19.7 Å². The fourth-order valence-electron chi connectivity index (χ4n) is 1.45. The maximum atomic E-state index is 11.8. The lowest BCUT2D eigenvalue weighted by Crippen LogP contribution is -2.36. The fourth-order valence-corrected chi connectivity index (χ4v) is 1.45. The Hall–Kier alpha value is -2.48. The predicted octanol–water partition coefficient (Wildman–Crippen LogP) is 0.978. The lowest BCUT2D eigenvalue weighted by atomic mass is 10.1. The topological polar surface area (TPSA) is 102 Å². The van der Waals surface area contributed by atoms with Crippen LogP contribution in [-0.2, 0) is 4.74 Å². The highest BCUT2D eigenvalue weighted by molar-refractivity contribution is 5.98. The van der Waals surface area contributed by atoms with Gasteiger partial charge in [0.1, 0.15) is 0 Å². The number of nitrogens with one attached hydrogen (secondary N) is 1. The number of benzene rings is 1. The summed E-state index contributed by atoms with van der Waals surface area (Å²) in [5.41, 5.74) is 2.07. The average molecular weight is 281 g/mol. The normalized spacial score (nSPS) is 10.2. The molecule has 8 nitrogen and oxygen atoms in total. The monoisotopic (exact) mass is 281 g/mol. The Labute approximate surface area is 115 Å². The average Bonchev–Trinajstić information content (AvgIpc) is 2.37. The van der Waals surface area contributed by atoms with Gasteiger partial charge in [-0.15, -0.1) is 0 Å². The maximum Gasteiger partial charge on any atom is 0.338 e. The summed E-state index contributed by atoms with van der Waals surface area (Å²) >= 11 is 0. The summed E-state index contributed by atoms with van der Waals surface area (Å²) in [5, 5.41) is 12.2. The molecule has 0 saturated heterocycles. The number of nitrogens with zero attached hydrogens (tertiary/aromatic N) is 2. The van der Waals surface area contributed by atoms with Gasteiger partial charge in [-0.05, 0) is 13.0 Å². The zero-order valence-electron chi connectivity index (χ0n) is 11.4. The SMILES string of the molecule is CCOC(=O)c1cc(C(=O)NN(C)C)cc([N+](=O)[O-])c1. The number of amides is 1. The van der Waals surface area contributed by atoms with Crippen LogP contribution in [0.5, 0.6) is 0 Å². The van der Waals surface area contributed by atoms with Crippen LogP contribution in [0.3, 0.4) is 0 Å². The first-order valence-corrected chi connectivity index (χ1v) is 5.80. The van der Waals surface area contributed by atoms with E-state index in [0.29, 0.717) is 0 Å². The molecule has 0 saturated carbocycles. The van der Waals surface area contributed by atoms with Crippen LogP contribution in [0.1, 0.15) is 27.6 Å². The van der Waals surface area contributed by atoms with E-state index in [-0.39, 0.29) is 23.4 Å². The highest BCUT2D eigenvalue weighted by Crippen LogP contribution is 2.18. The number of ether oxygens (including phenoxy) is 1. The second kappa shape index (κ2) is 6.62. The van der Waals surface area contributed by atoms with Crippen molar-refractivity contribution in [3.05, 3.63) is 39.4 Å². The highest BCUT2D eigenvalue weighted by Gasteiger charge is 2.18. The van der Waals surface area contributed by atoms with Crippen LogP contribution >= 0.6 is 0 Å². The van der Waals surface area contributed by atoms with Crippen molar-refractivity contribution in [3.63, 3.8) is 0 Å². The molecule has 20 heavy (non-hydrogen) atoms. The van der Waals surface area contributed by atoms with Crippen LogP contribution in [0.4, 0.5) is 5.69 Å². The Morgan fingerprint density at radius 3 is 2.40 bits per heavy atom.